The van der Waals surface area contributed by atoms with Gasteiger partial charge < -0.3 is 19.9 Å². The Morgan fingerprint density at radius 2 is 1.91 bits per heavy atom. The van der Waals surface area contributed by atoms with Gasteiger partial charge in [0.25, 0.3) is 0 Å². The minimum atomic E-state index is -3.65. The Kier molecular flexibility index (Phi) is 8.99. The molecule has 6 rings (SSSR count). The number of hydrogen-bond donors (Lipinski definition) is 2. The van der Waals surface area contributed by atoms with Gasteiger partial charge in [0.1, 0.15) is 11.3 Å². The highest BCUT2D eigenvalue weighted by molar-refractivity contribution is 7.91. The molecular formula is C33H37N5O4S2. The predicted molar refractivity (Wildman–Crippen MR) is 176 cm³/mol. The van der Waals surface area contributed by atoms with Crippen molar-refractivity contribution in [2.45, 2.75) is 38.1 Å². The van der Waals surface area contributed by atoms with Crippen LogP contribution in [0, 0.1) is 5.92 Å². The van der Waals surface area contributed by atoms with E-state index in [0.717, 1.165) is 59.6 Å². The number of benzene rings is 2. The molecule has 9 nitrogen and oxygen atoms in total. The molecule has 0 saturated carbocycles. The number of likely N-dealkylation sites (tertiary alicyclic amines) is 1. The number of carbonyl (C=O) groups excluding carboxylic acids is 1. The Bertz CT molecular complexity index is 1880. The first kappa shape index (κ1) is 30.3. The molecule has 0 amide bonds. The maximum absolute atomic E-state index is 13.5. The zero-order valence-corrected chi connectivity index (χ0v) is 26.4. The third-order valence-electron chi connectivity index (χ3n) is 8.30. The summed E-state index contributed by atoms with van der Waals surface area (Å²) in [6, 6.07) is 18.9. The first-order valence-electron chi connectivity index (χ1n) is 14.9. The minimum Gasteiger partial charge on any atom is -0.461 e. The van der Waals surface area contributed by atoms with Gasteiger partial charge in [-0.1, -0.05) is 24.3 Å². The zero-order valence-electron chi connectivity index (χ0n) is 24.7. The third kappa shape index (κ3) is 6.96. The van der Waals surface area contributed by atoms with E-state index in [1.807, 2.05) is 76.0 Å². The van der Waals surface area contributed by atoms with Crippen molar-refractivity contribution in [1.29, 1.82) is 0 Å². The van der Waals surface area contributed by atoms with E-state index in [1.165, 1.54) is 11.3 Å². The van der Waals surface area contributed by atoms with E-state index in [-0.39, 0.29) is 18.8 Å². The molecule has 0 aliphatic carbocycles. The summed E-state index contributed by atoms with van der Waals surface area (Å²) in [5, 5.41) is 6.33. The molecule has 5 aromatic rings. The molecule has 0 spiro atoms. The Balaban J connectivity index is 1.32. The van der Waals surface area contributed by atoms with Gasteiger partial charge in [0.2, 0.25) is 10.0 Å². The SMILES string of the molecule is CN1CCC(CCOC(=O)c2cc3ccc(CN)nc3n2Cc2cc(NS(=O)(=O)Cc3ccsc3)cc3ccccc23)CC1. The standard InChI is InChI=1S/C33H37N5O4S2/c1-37-12-8-23(9-13-37)10-14-42-33(39)31-18-26-6-7-28(19-34)35-32(26)38(31)20-27-17-29(16-25-4-2-3-5-30(25)27)36-44(40,41)22-24-11-15-43-21-24/h2-7,11,15-18,21,23,36H,8-10,12-14,19-20,22,34H2,1H3. The van der Waals surface area contributed by atoms with Crippen LogP contribution in [0.1, 0.15) is 46.6 Å². The van der Waals surface area contributed by atoms with Gasteiger partial charge in [0, 0.05) is 17.6 Å². The number of pyridine rings is 1. The molecule has 2 aromatic carbocycles. The van der Waals surface area contributed by atoms with Crippen LogP contribution >= 0.6 is 11.3 Å². The zero-order chi connectivity index (χ0) is 30.7. The van der Waals surface area contributed by atoms with E-state index < -0.39 is 16.0 Å². The number of nitrogens with zero attached hydrogens (tertiary/aromatic N) is 3. The van der Waals surface area contributed by atoms with Crippen molar-refractivity contribution >= 4 is 54.8 Å². The Labute approximate surface area is 261 Å². The molecular weight excluding hydrogens is 595 g/mol. The number of sulfonamides is 1. The number of aromatic nitrogens is 2. The fourth-order valence-corrected chi connectivity index (χ4v) is 7.85. The number of carbonyl (C=O) groups is 1. The lowest BCUT2D eigenvalue weighted by Gasteiger charge is -2.28. The van der Waals surface area contributed by atoms with Crippen molar-refractivity contribution < 1.29 is 17.9 Å². The summed E-state index contributed by atoms with van der Waals surface area (Å²) < 4.78 is 36.6. The van der Waals surface area contributed by atoms with Crippen LogP contribution in [0.4, 0.5) is 5.69 Å². The van der Waals surface area contributed by atoms with Gasteiger partial charge in [-0.05, 0) is 114 Å². The first-order valence-corrected chi connectivity index (χ1v) is 17.5. The fraction of sp³-hybridized carbons (Fsp3) is 0.333. The summed E-state index contributed by atoms with van der Waals surface area (Å²) in [4.78, 5) is 20.7. The number of nitrogens with two attached hydrogens (primary N) is 1. The van der Waals surface area contributed by atoms with E-state index in [4.69, 9.17) is 15.5 Å². The van der Waals surface area contributed by atoms with Crippen LogP contribution < -0.4 is 10.5 Å². The molecule has 3 N–H and O–H groups in total. The largest absolute Gasteiger partial charge is 0.461 e. The molecule has 1 aliphatic rings. The normalized spacial score (nSPS) is 14.8. The van der Waals surface area contributed by atoms with Crippen LogP contribution in [0.15, 0.2) is 71.4 Å². The molecule has 0 radical (unpaired) electrons. The number of esters is 1. The van der Waals surface area contributed by atoms with Crippen LogP contribution in [-0.2, 0) is 33.6 Å². The van der Waals surface area contributed by atoms with Gasteiger partial charge in [0.15, 0.2) is 0 Å². The average Bonchev–Trinajstić information content (AvgIpc) is 3.65. The second kappa shape index (κ2) is 13.1. The second-order valence-electron chi connectivity index (χ2n) is 11.6. The van der Waals surface area contributed by atoms with E-state index in [9.17, 15) is 13.2 Å². The maximum Gasteiger partial charge on any atom is 0.355 e. The molecule has 11 heteroatoms. The molecule has 0 atom stereocenters. The van der Waals surface area contributed by atoms with Crippen molar-refractivity contribution in [2.24, 2.45) is 11.7 Å². The van der Waals surface area contributed by atoms with Crippen LogP contribution in [-0.4, -0.2) is 55.6 Å². The Hall–Kier alpha value is -3.77. The lowest BCUT2D eigenvalue weighted by molar-refractivity contribution is 0.0456. The van der Waals surface area contributed by atoms with Crippen molar-refractivity contribution in [2.75, 3.05) is 31.5 Å². The molecule has 1 aliphatic heterocycles. The van der Waals surface area contributed by atoms with Crippen LogP contribution in [0.2, 0.25) is 0 Å². The molecule has 230 valence electrons. The van der Waals surface area contributed by atoms with Gasteiger partial charge in [0.05, 0.1) is 24.6 Å². The highest BCUT2D eigenvalue weighted by Crippen LogP contribution is 2.29. The molecule has 1 saturated heterocycles. The first-order chi connectivity index (χ1) is 21.3. The number of rotatable bonds is 11. The summed E-state index contributed by atoms with van der Waals surface area (Å²) in [7, 11) is -1.51. The smallest absolute Gasteiger partial charge is 0.355 e. The summed E-state index contributed by atoms with van der Waals surface area (Å²) in [5.74, 6) is 0.0404. The van der Waals surface area contributed by atoms with Crippen LogP contribution in [0.25, 0.3) is 21.8 Å². The quantitative estimate of drug-likeness (QED) is 0.183. The van der Waals surface area contributed by atoms with E-state index in [1.54, 1.807) is 0 Å². The molecule has 1 fully saturated rings. The number of nitrogens with one attached hydrogen (secondary N) is 1. The fourth-order valence-electron chi connectivity index (χ4n) is 5.91. The van der Waals surface area contributed by atoms with Gasteiger partial charge in [-0.15, -0.1) is 0 Å². The Morgan fingerprint density at radius 3 is 2.68 bits per heavy atom. The van der Waals surface area contributed by atoms with Crippen molar-refractivity contribution in [1.82, 2.24) is 14.5 Å². The highest BCUT2D eigenvalue weighted by Gasteiger charge is 2.22. The topological polar surface area (TPSA) is 120 Å². The summed E-state index contributed by atoms with van der Waals surface area (Å²) >= 11 is 1.46. The lowest BCUT2D eigenvalue weighted by atomic mass is 9.94. The monoisotopic (exact) mass is 631 g/mol. The van der Waals surface area contributed by atoms with Crippen LogP contribution in [0.3, 0.4) is 0 Å². The average molecular weight is 632 g/mol. The van der Waals surface area contributed by atoms with Gasteiger partial charge >= 0.3 is 5.97 Å². The molecule has 44 heavy (non-hydrogen) atoms. The van der Waals surface area contributed by atoms with Crippen molar-refractivity contribution in [3.8, 4) is 0 Å². The number of piperidine rings is 1. The number of ether oxygens (including phenoxy) is 1. The molecule has 3 aromatic heterocycles. The molecule has 0 unspecified atom stereocenters. The summed E-state index contributed by atoms with van der Waals surface area (Å²) in [6.07, 6.45) is 3.06. The number of fused-ring (bicyclic) bond motifs is 2. The van der Waals surface area contributed by atoms with Gasteiger partial charge in [-0.2, -0.15) is 11.3 Å². The minimum absolute atomic E-state index is 0.111. The molecule has 0 bridgehead atoms. The van der Waals surface area contributed by atoms with E-state index in [2.05, 4.69) is 16.7 Å². The number of thiophene rings is 1. The van der Waals surface area contributed by atoms with Crippen LogP contribution in [0.5, 0.6) is 0 Å². The number of hydrogen-bond acceptors (Lipinski definition) is 8. The van der Waals surface area contributed by atoms with Gasteiger partial charge in [-0.25, -0.2) is 18.2 Å². The highest BCUT2D eigenvalue weighted by atomic mass is 32.2. The summed E-state index contributed by atoms with van der Waals surface area (Å²) in [5.41, 5.74) is 9.70. The Morgan fingerprint density at radius 1 is 1.09 bits per heavy atom. The summed E-state index contributed by atoms with van der Waals surface area (Å²) in [6.45, 7) is 3.05. The second-order valence-corrected chi connectivity index (χ2v) is 14.1. The van der Waals surface area contributed by atoms with E-state index >= 15 is 0 Å². The number of anilines is 1. The van der Waals surface area contributed by atoms with Gasteiger partial charge in [-0.3, -0.25) is 4.72 Å². The third-order valence-corrected chi connectivity index (χ3v) is 10.3. The lowest BCUT2D eigenvalue weighted by Crippen LogP contribution is -2.30. The molecule has 4 heterocycles. The van der Waals surface area contributed by atoms with Crippen molar-refractivity contribution in [3.05, 3.63) is 93.9 Å². The van der Waals surface area contributed by atoms with Crippen molar-refractivity contribution in [3.63, 3.8) is 0 Å². The van der Waals surface area contributed by atoms with E-state index in [0.29, 0.717) is 35.2 Å². The maximum atomic E-state index is 13.5. The predicted octanol–water partition coefficient (Wildman–Crippen LogP) is 5.59.